The van der Waals surface area contributed by atoms with Crippen molar-refractivity contribution in [2.24, 2.45) is 17.3 Å². The van der Waals surface area contributed by atoms with Gasteiger partial charge in [-0.25, -0.2) is 9.18 Å². The fourth-order valence-corrected chi connectivity index (χ4v) is 6.26. The third-order valence-corrected chi connectivity index (χ3v) is 8.39. The number of fused-ring (bicyclic) bond motifs is 4. The predicted molar refractivity (Wildman–Crippen MR) is 138 cm³/mol. The lowest BCUT2D eigenvalue weighted by atomic mass is 9.70. The van der Waals surface area contributed by atoms with Gasteiger partial charge in [0, 0.05) is 12.1 Å². The maximum absolute atomic E-state index is 15.5. The lowest BCUT2D eigenvalue weighted by molar-refractivity contribution is -0.0353. The summed E-state index contributed by atoms with van der Waals surface area (Å²) in [5.74, 6) is 0.812. The molecule has 1 unspecified atom stereocenters. The van der Waals surface area contributed by atoms with Crippen molar-refractivity contribution >= 4 is 6.09 Å². The van der Waals surface area contributed by atoms with Gasteiger partial charge in [-0.3, -0.25) is 4.90 Å². The van der Waals surface area contributed by atoms with Crippen LogP contribution in [0.4, 0.5) is 9.18 Å². The molecule has 3 aliphatic heterocycles. The van der Waals surface area contributed by atoms with Crippen LogP contribution in [-0.4, -0.2) is 36.7 Å². The minimum atomic E-state index is -0.375. The van der Waals surface area contributed by atoms with Gasteiger partial charge in [-0.1, -0.05) is 52.0 Å². The highest BCUT2D eigenvalue weighted by Crippen LogP contribution is 2.45. The van der Waals surface area contributed by atoms with Crippen LogP contribution in [0.15, 0.2) is 36.4 Å². The average molecular weight is 479 g/mol. The van der Waals surface area contributed by atoms with Crippen molar-refractivity contribution in [2.75, 3.05) is 19.6 Å². The molecular weight excluding hydrogens is 439 g/mol. The molecule has 4 aliphatic rings. The van der Waals surface area contributed by atoms with Crippen molar-refractivity contribution in [1.29, 1.82) is 0 Å². The monoisotopic (exact) mass is 478 g/mol. The molecule has 2 aromatic rings. The summed E-state index contributed by atoms with van der Waals surface area (Å²) >= 11 is 0. The Kier molecular flexibility index (Phi) is 6.65. The Morgan fingerprint density at radius 3 is 2.51 bits per heavy atom. The third-order valence-electron chi connectivity index (χ3n) is 8.39. The molecule has 2 bridgehead atoms. The smallest absolute Gasteiger partial charge is 0.407 e. The minimum Gasteiger partial charge on any atom is -0.445 e. The van der Waals surface area contributed by atoms with E-state index in [9.17, 15) is 4.79 Å². The van der Waals surface area contributed by atoms with Crippen molar-refractivity contribution < 1.29 is 13.9 Å². The van der Waals surface area contributed by atoms with Gasteiger partial charge in [-0.15, -0.1) is 0 Å². The lowest BCUT2D eigenvalue weighted by Gasteiger charge is -2.44. The average Bonchev–Trinajstić information content (AvgIpc) is 2.82. The molecule has 0 spiro atoms. The zero-order chi connectivity index (χ0) is 24.7. The number of amides is 1. The summed E-state index contributed by atoms with van der Waals surface area (Å²) in [6, 6.07) is 11.6. The van der Waals surface area contributed by atoms with Gasteiger partial charge in [-0.05, 0) is 96.8 Å². The number of carbonyl (C=O) groups excluding carboxylic acids is 1. The number of carbonyl (C=O) groups is 1. The molecule has 4 nitrogen and oxygen atoms in total. The molecule has 1 amide bonds. The van der Waals surface area contributed by atoms with Gasteiger partial charge in [-0.2, -0.15) is 0 Å². The van der Waals surface area contributed by atoms with E-state index in [1.165, 1.54) is 5.56 Å². The molecule has 188 valence electrons. The fourth-order valence-electron chi connectivity index (χ4n) is 6.26. The van der Waals surface area contributed by atoms with Gasteiger partial charge in [0.1, 0.15) is 11.9 Å². The van der Waals surface area contributed by atoms with Crippen LogP contribution in [0.2, 0.25) is 0 Å². The number of hydrogen-bond acceptors (Lipinski definition) is 3. The Hall–Kier alpha value is -2.40. The van der Waals surface area contributed by atoms with Gasteiger partial charge < -0.3 is 10.1 Å². The van der Waals surface area contributed by atoms with E-state index >= 15 is 4.39 Å². The maximum Gasteiger partial charge on any atom is 0.407 e. The van der Waals surface area contributed by atoms with Crippen LogP contribution in [0.25, 0.3) is 11.1 Å². The number of benzene rings is 2. The van der Waals surface area contributed by atoms with E-state index in [1.807, 2.05) is 18.2 Å². The summed E-state index contributed by atoms with van der Waals surface area (Å²) in [6.07, 6.45) is 4.59. The molecule has 0 saturated carbocycles. The van der Waals surface area contributed by atoms with Gasteiger partial charge in [0.15, 0.2) is 0 Å². The quantitative estimate of drug-likeness (QED) is 0.532. The van der Waals surface area contributed by atoms with Gasteiger partial charge in [0.05, 0.1) is 6.04 Å². The SMILES string of the molecule is CC(C)Cc1ccc(-c2cc3c(cc2F)C(NC(=O)O[C@@H]2CN4CCC2CC4)C(C)(C)CC3)cc1. The molecule has 3 fully saturated rings. The van der Waals surface area contributed by atoms with Crippen LogP contribution in [0, 0.1) is 23.1 Å². The van der Waals surface area contributed by atoms with Crippen molar-refractivity contribution in [3.63, 3.8) is 0 Å². The highest BCUT2D eigenvalue weighted by Gasteiger charge is 2.40. The molecule has 6 rings (SSSR count). The molecule has 5 heteroatoms. The van der Waals surface area contributed by atoms with E-state index in [-0.39, 0.29) is 29.5 Å². The van der Waals surface area contributed by atoms with E-state index in [2.05, 4.69) is 50.0 Å². The number of alkyl carbamates (subject to hydrolysis) is 1. The van der Waals surface area contributed by atoms with Crippen molar-refractivity contribution in [3.05, 3.63) is 58.9 Å². The lowest BCUT2D eigenvalue weighted by Crippen LogP contribution is -2.53. The van der Waals surface area contributed by atoms with Gasteiger partial charge in [0.25, 0.3) is 0 Å². The standard InChI is InChI=1S/C30H39FN2O2/c1-19(2)15-20-5-7-21(8-6-20)24-16-23-9-12-30(3,4)28(25(23)17-26(24)31)32-29(34)35-27-18-33-13-10-22(27)11-14-33/h5-8,16-17,19,22,27-28H,9-15,18H2,1-4H3,(H,32,34)/t27-,28?/m1/s1. The fraction of sp³-hybridized carbons (Fsp3) is 0.567. The maximum atomic E-state index is 15.5. The number of hydrogen-bond donors (Lipinski definition) is 1. The first kappa shape index (κ1) is 24.3. The van der Waals surface area contributed by atoms with Crippen LogP contribution in [0.5, 0.6) is 0 Å². The second kappa shape index (κ2) is 9.57. The number of ether oxygens (including phenoxy) is 1. The summed E-state index contributed by atoms with van der Waals surface area (Å²) in [5.41, 5.74) is 4.61. The number of piperidine rings is 3. The second-order valence-electron chi connectivity index (χ2n) is 12.0. The Morgan fingerprint density at radius 1 is 1.17 bits per heavy atom. The molecule has 0 aromatic heterocycles. The molecule has 1 aliphatic carbocycles. The van der Waals surface area contributed by atoms with Gasteiger partial charge >= 0.3 is 6.09 Å². The van der Waals surface area contributed by atoms with Crippen LogP contribution in [0.1, 0.15) is 69.7 Å². The summed E-state index contributed by atoms with van der Waals surface area (Å²) in [6.45, 7) is 11.7. The number of aryl methyl sites for hydroxylation is 1. The van der Waals surface area contributed by atoms with E-state index in [0.717, 1.165) is 68.4 Å². The Bertz CT molecular complexity index is 1070. The Balaban J connectivity index is 1.36. The van der Waals surface area contributed by atoms with Crippen LogP contribution >= 0.6 is 0 Å². The van der Waals surface area contributed by atoms with Crippen LogP contribution in [-0.2, 0) is 17.6 Å². The molecular formula is C30H39FN2O2. The Morgan fingerprint density at radius 2 is 1.89 bits per heavy atom. The van der Waals surface area contributed by atoms with Gasteiger partial charge in [0.2, 0.25) is 0 Å². The van der Waals surface area contributed by atoms with Crippen molar-refractivity contribution in [3.8, 4) is 11.1 Å². The van der Waals surface area contributed by atoms with Crippen molar-refractivity contribution in [1.82, 2.24) is 10.2 Å². The normalized spacial score (nSPS) is 26.9. The topological polar surface area (TPSA) is 41.6 Å². The first-order valence-corrected chi connectivity index (χ1v) is 13.3. The zero-order valence-corrected chi connectivity index (χ0v) is 21.6. The summed E-state index contributed by atoms with van der Waals surface area (Å²) < 4.78 is 21.4. The minimum absolute atomic E-state index is 0.0403. The van der Waals surface area contributed by atoms with Crippen LogP contribution in [0.3, 0.4) is 0 Å². The molecule has 2 atom stereocenters. The summed E-state index contributed by atoms with van der Waals surface area (Å²) in [5, 5.41) is 3.14. The first-order chi connectivity index (χ1) is 16.7. The van der Waals surface area contributed by atoms with E-state index in [4.69, 9.17) is 4.74 Å². The van der Waals surface area contributed by atoms with E-state index < -0.39 is 0 Å². The predicted octanol–water partition coefficient (Wildman–Crippen LogP) is 6.53. The second-order valence-corrected chi connectivity index (χ2v) is 12.0. The molecule has 1 N–H and O–H groups in total. The molecule has 35 heavy (non-hydrogen) atoms. The largest absolute Gasteiger partial charge is 0.445 e. The molecule has 0 radical (unpaired) electrons. The molecule has 2 aromatic carbocycles. The highest BCUT2D eigenvalue weighted by atomic mass is 19.1. The summed E-state index contributed by atoms with van der Waals surface area (Å²) in [4.78, 5) is 15.4. The van der Waals surface area contributed by atoms with E-state index in [0.29, 0.717) is 17.4 Å². The number of nitrogens with one attached hydrogen (secondary N) is 1. The van der Waals surface area contributed by atoms with E-state index in [1.54, 1.807) is 6.07 Å². The highest BCUT2D eigenvalue weighted by molar-refractivity contribution is 5.70. The number of rotatable bonds is 5. The first-order valence-electron chi connectivity index (χ1n) is 13.3. The zero-order valence-electron chi connectivity index (χ0n) is 21.6. The van der Waals surface area contributed by atoms with Crippen LogP contribution < -0.4 is 5.32 Å². The van der Waals surface area contributed by atoms with Crippen molar-refractivity contribution in [2.45, 2.75) is 71.9 Å². The number of halogens is 1. The molecule has 3 heterocycles. The molecule has 3 saturated heterocycles. The summed E-state index contributed by atoms with van der Waals surface area (Å²) in [7, 11) is 0. The Labute approximate surface area is 209 Å². The number of nitrogens with zero attached hydrogens (tertiary/aromatic N) is 1. The third kappa shape index (κ3) is 5.11.